The summed E-state index contributed by atoms with van der Waals surface area (Å²) in [4.78, 5) is 12.0. The summed E-state index contributed by atoms with van der Waals surface area (Å²) in [5, 5.41) is 0. The topological polar surface area (TPSA) is 17.1 Å². The van der Waals surface area contributed by atoms with E-state index in [1.54, 1.807) is 0 Å². The van der Waals surface area contributed by atoms with Crippen LogP contribution < -0.4 is 0 Å². The summed E-state index contributed by atoms with van der Waals surface area (Å²) in [6.07, 6.45) is 12.0. The highest BCUT2D eigenvalue weighted by molar-refractivity contribution is 5.82. The van der Waals surface area contributed by atoms with E-state index >= 15 is 0 Å². The Morgan fingerprint density at radius 2 is 1.85 bits per heavy atom. The molecule has 0 heterocycles. The Balaban J connectivity index is 1.55. The lowest BCUT2D eigenvalue weighted by molar-refractivity contribution is -0.118. The molecule has 0 unspecified atom stereocenters. The summed E-state index contributed by atoms with van der Waals surface area (Å²) >= 11 is 0. The van der Waals surface area contributed by atoms with E-state index in [1.807, 2.05) is 0 Å². The fourth-order valence-electron chi connectivity index (χ4n) is 6.69. The second-order valence-electron chi connectivity index (χ2n) is 9.05. The average molecular weight is 274 g/mol. The third-order valence-corrected chi connectivity index (χ3v) is 7.73. The zero-order valence-electron chi connectivity index (χ0n) is 13.2. The van der Waals surface area contributed by atoms with E-state index in [-0.39, 0.29) is 0 Å². The minimum absolute atomic E-state index is 0.382. The first-order valence-electron chi connectivity index (χ1n) is 9.07. The van der Waals surface area contributed by atoms with E-state index in [9.17, 15) is 4.79 Å². The van der Waals surface area contributed by atoms with Crippen molar-refractivity contribution in [1.82, 2.24) is 0 Å². The van der Waals surface area contributed by atoms with Crippen LogP contribution in [0.25, 0.3) is 0 Å². The fraction of sp³-hybridized carbons (Fsp3) is 0.947. The lowest BCUT2D eigenvalue weighted by atomic mass is 9.52. The van der Waals surface area contributed by atoms with Crippen LogP contribution in [0.15, 0.2) is 0 Å². The highest BCUT2D eigenvalue weighted by atomic mass is 16.1. The molecule has 0 amide bonds. The number of ketones is 1. The summed E-state index contributed by atoms with van der Waals surface area (Å²) in [5.41, 5.74) is 0.382. The quantitative estimate of drug-likeness (QED) is 0.617. The third kappa shape index (κ3) is 1.99. The summed E-state index contributed by atoms with van der Waals surface area (Å²) < 4.78 is 0. The molecule has 0 spiro atoms. The molecule has 0 aromatic rings. The zero-order valence-corrected chi connectivity index (χ0v) is 13.2. The van der Waals surface area contributed by atoms with Crippen molar-refractivity contribution in [1.29, 1.82) is 0 Å². The first-order valence-corrected chi connectivity index (χ1v) is 9.07. The first kappa shape index (κ1) is 13.3. The van der Waals surface area contributed by atoms with Crippen molar-refractivity contribution in [2.75, 3.05) is 0 Å². The van der Waals surface area contributed by atoms with E-state index < -0.39 is 0 Å². The van der Waals surface area contributed by atoms with Gasteiger partial charge in [-0.25, -0.2) is 0 Å². The molecule has 0 N–H and O–H groups in total. The van der Waals surface area contributed by atoms with Gasteiger partial charge in [-0.3, -0.25) is 4.79 Å². The molecule has 0 bridgehead atoms. The van der Waals surface area contributed by atoms with Crippen molar-refractivity contribution < 1.29 is 4.79 Å². The maximum absolute atomic E-state index is 12.0. The molecule has 0 aromatic heterocycles. The fourth-order valence-corrected chi connectivity index (χ4v) is 6.69. The van der Waals surface area contributed by atoms with Crippen LogP contribution in [0, 0.1) is 40.9 Å². The Labute approximate surface area is 123 Å². The van der Waals surface area contributed by atoms with E-state index in [0.717, 1.165) is 48.3 Å². The van der Waals surface area contributed by atoms with Crippen molar-refractivity contribution >= 4 is 5.78 Å². The number of carbonyl (C=O) groups is 1. The van der Waals surface area contributed by atoms with Gasteiger partial charge in [0, 0.05) is 12.8 Å². The van der Waals surface area contributed by atoms with Crippen LogP contribution in [-0.4, -0.2) is 5.78 Å². The van der Waals surface area contributed by atoms with Crippen molar-refractivity contribution in [2.24, 2.45) is 40.9 Å². The predicted octanol–water partition coefficient (Wildman–Crippen LogP) is 4.84. The minimum Gasteiger partial charge on any atom is -0.300 e. The van der Waals surface area contributed by atoms with Gasteiger partial charge in [-0.2, -0.15) is 0 Å². The van der Waals surface area contributed by atoms with Gasteiger partial charge in [0.2, 0.25) is 0 Å². The SMILES string of the molecule is C[C@@H]1CC[C@@H]2C[C@H]3[C@@H](CC[C@@]4(C)CC(=O)C[C@H]34)C[C@H]2C1. The van der Waals surface area contributed by atoms with Gasteiger partial charge in [0.15, 0.2) is 0 Å². The van der Waals surface area contributed by atoms with Crippen LogP contribution in [-0.2, 0) is 4.79 Å². The van der Waals surface area contributed by atoms with Gasteiger partial charge in [-0.05, 0) is 79.4 Å². The standard InChI is InChI=1S/C19H30O/c1-12-3-4-13-9-17-14(8-15(13)7-12)5-6-19(2)11-16(20)10-18(17)19/h12-15,17-18H,3-11H2,1-2H3/t12-,13-,14+,15-,17+,18-,19+/m1/s1. The number of fused-ring (bicyclic) bond motifs is 4. The molecule has 4 fully saturated rings. The summed E-state index contributed by atoms with van der Waals surface area (Å²) in [6, 6.07) is 0. The Bertz CT molecular complexity index is 414. The van der Waals surface area contributed by atoms with Gasteiger partial charge < -0.3 is 0 Å². The molecule has 4 aliphatic carbocycles. The molecule has 4 rings (SSSR count). The molecule has 112 valence electrons. The van der Waals surface area contributed by atoms with Crippen LogP contribution in [0.2, 0.25) is 0 Å². The molecule has 0 radical (unpaired) electrons. The second-order valence-corrected chi connectivity index (χ2v) is 9.05. The van der Waals surface area contributed by atoms with Gasteiger partial charge in [0.05, 0.1) is 0 Å². The van der Waals surface area contributed by atoms with Crippen molar-refractivity contribution in [3.05, 3.63) is 0 Å². The maximum atomic E-state index is 12.0. The van der Waals surface area contributed by atoms with Crippen LogP contribution in [0.1, 0.15) is 71.6 Å². The summed E-state index contributed by atoms with van der Waals surface area (Å²) in [6.45, 7) is 4.88. The monoisotopic (exact) mass is 274 g/mol. The van der Waals surface area contributed by atoms with Crippen LogP contribution in [0.5, 0.6) is 0 Å². The maximum Gasteiger partial charge on any atom is 0.133 e. The van der Waals surface area contributed by atoms with Crippen molar-refractivity contribution in [2.45, 2.75) is 71.6 Å². The summed E-state index contributed by atoms with van der Waals surface area (Å²) in [5.74, 6) is 6.17. The first-order chi connectivity index (χ1) is 9.55. The number of rotatable bonds is 0. The molecule has 4 aliphatic rings. The van der Waals surface area contributed by atoms with Gasteiger partial charge in [-0.15, -0.1) is 0 Å². The van der Waals surface area contributed by atoms with Gasteiger partial charge >= 0.3 is 0 Å². The normalized spacial score (nSPS) is 55.0. The average Bonchev–Trinajstić information content (AvgIpc) is 2.71. The molecule has 0 aliphatic heterocycles. The second kappa shape index (κ2) is 4.58. The molecular formula is C19H30O. The Morgan fingerprint density at radius 1 is 1.00 bits per heavy atom. The molecular weight excluding hydrogens is 244 g/mol. The van der Waals surface area contributed by atoms with E-state index in [1.165, 1.54) is 44.9 Å². The van der Waals surface area contributed by atoms with Gasteiger partial charge in [0.1, 0.15) is 5.78 Å². The molecule has 1 heteroatoms. The molecule has 7 atom stereocenters. The smallest absolute Gasteiger partial charge is 0.133 e. The molecule has 1 nitrogen and oxygen atoms in total. The minimum atomic E-state index is 0.382. The Hall–Kier alpha value is -0.330. The van der Waals surface area contributed by atoms with Crippen molar-refractivity contribution in [3.8, 4) is 0 Å². The molecule has 4 saturated carbocycles. The van der Waals surface area contributed by atoms with Crippen LogP contribution >= 0.6 is 0 Å². The summed E-state index contributed by atoms with van der Waals surface area (Å²) in [7, 11) is 0. The number of hydrogen-bond donors (Lipinski definition) is 0. The van der Waals surface area contributed by atoms with E-state index in [2.05, 4.69) is 13.8 Å². The lowest BCUT2D eigenvalue weighted by Gasteiger charge is -2.53. The van der Waals surface area contributed by atoms with Gasteiger partial charge in [-0.1, -0.05) is 20.3 Å². The number of carbonyl (C=O) groups excluding carboxylic acids is 1. The van der Waals surface area contributed by atoms with Crippen LogP contribution in [0.4, 0.5) is 0 Å². The lowest BCUT2D eigenvalue weighted by Crippen LogP contribution is -2.45. The largest absolute Gasteiger partial charge is 0.300 e. The third-order valence-electron chi connectivity index (χ3n) is 7.73. The van der Waals surface area contributed by atoms with Crippen molar-refractivity contribution in [3.63, 3.8) is 0 Å². The van der Waals surface area contributed by atoms with E-state index in [4.69, 9.17) is 0 Å². The van der Waals surface area contributed by atoms with E-state index in [0.29, 0.717) is 11.2 Å². The molecule has 0 aromatic carbocycles. The zero-order chi connectivity index (χ0) is 13.9. The van der Waals surface area contributed by atoms with Crippen LogP contribution in [0.3, 0.4) is 0 Å². The molecule has 20 heavy (non-hydrogen) atoms. The number of hydrogen-bond acceptors (Lipinski definition) is 1. The Kier molecular flexibility index (Phi) is 3.06. The Morgan fingerprint density at radius 3 is 2.70 bits per heavy atom. The van der Waals surface area contributed by atoms with Gasteiger partial charge in [0.25, 0.3) is 0 Å². The highest BCUT2D eigenvalue weighted by Gasteiger charge is 2.54. The highest BCUT2D eigenvalue weighted by Crippen LogP contribution is 2.61. The molecule has 0 saturated heterocycles. The number of Topliss-reactive ketones (excluding diaryl/α,β-unsaturated/α-hetero) is 1. The predicted molar refractivity (Wildman–Crippen MR) is 81.3 cm³/mol.